The Balaban J connectivity index is 1.61. The predicted molar refractivity (Wildman–Crippen MR) is 82.1 cm³/mol. The van der Waals surface area contributed by atoms with Crippen molar-refractivity contribution in [2.45, 2.75) is 44.9 Å². The van der Waals surface area contributed by atoms with E-state index in [0.29, 0.717) is 13.0 Å². The average Bonchev–Trinajstić information content (AvgIpc) is 2.52. The smallest absolute Gasteiger partial charge is 0.220 e. The van der Waals surface area contributed by atoms with Gasteiger partial charge in [0, 0.05) is 12.0 Å². The molecule has 2 nitrogen and oxygen atoms in total. The molecule has 1 aromatic rings. The zero-order valence-corrected chi connectivity index (χ0v) is 12.0. The molecule has 0 atom stereocenters. The lowest BCUT2D eigenvalue weighted by atomic mass is 9.86. The van der Waals surface area contributed by atoms with E-state index in [2.05, 4.69) is 17.2 Å². The molecular formula is C18H23NO. The van der Waals surface area contributed by atoms with E-state index in [1.165, 1.54) is 32.1 Å². The van der Waals surface area contributed by atoms with Crippen LogP contribution in [-0.2, 0) is 4.79 Å². The van der Waals surface area contributed by atoms with E-state index in [4.69, 9.17) is 0 Å². The van der Waals surface area contributed by atoms with E-state index in [9.17, 15) is 4.79 Å². The Kier molecular flexibility index (Phi) is 6.17. The van der Waals surface area contributed by atoms with E-state index in [1.807, 2.05) is 30.3 Å². The van der Waals surface area contributed by atoms with E-state index in [-0.39, 0.29) is 5.91 Å². The van der Waals surface area contributed by atoms with Crippen molar-refractivity contribution in [2.75, 3.05) is 6.54 Å². The Morgan fingerprint density at radius 2 is 1.90 bits per heavy atom. The summed E-state index contributed by atoms with van der Waals surface area (Å²) >= 11 is 0. The van der Waals surface area contributed by atoms with Crippen LogP contribution < -0.4 is 5.32 Å². The van der Waals surface area contributed by atoms with Crippen molar-refractivity contribution in [1.82, 2.24) is 5.32 Å². The van der Waals surface area contributed by atoms with Crippen molar-refractivity contribution in [1.29, 1.82) is 0 Å². The number of amides is 1. The highest BCUT2D eigenvalue weighted by molar-refractivity contribution is 5.76. The summed E-state index contributed by atoms with van der Waals surface area (Å²) in [6, 6.07) is 9.84. The quantitative estimate of drug-likeness (QED) is 0.833. The summed E-state index contributed by atoms with van der Waals surface area (Å²) in [5, 5.41) is 2.88. The summed E-state index contributed by atoms with van der Waals surface area (Å²) < 4.78 is 0. The third kappa shape index (κ3) is 5.48. The molecule has 1 N–H and O–H groups in total. The molecule has 0 heterocycles. The molecule has 0 spiro atoms. The van der Waals surface area contributed by atoms with Crippen LogP contribution >= 0.6 is 0 Å². The molecule has 1 aromatic carbocycles. The van der Waals surface area contributed by atoms with Crippen LogP contribution in [0.25, 0.3) is 0 Å². The highest BCUT2D eigenvalue weighted by atomic mass is 16.1. The fourth-order valence-electron chi connectivity index (χ4n) is 2.71. The van der Waals surface area contributed by atoms with Gasteiger partial charge in [0.25, 0.3) is 0 Å². The van der Waals surface area contributed by atoms with Gasteiger partial charge >= 0.3 is 0 Å². The van der Waals surface area contributed by atoms with Crippen LogP contribution in [-0.4, -0.2) is 12.5 Å². The first-order valence-electron chi connectivity index (χ1n) is 7.65. The van der Waals surface area contributed by atoms with Gasteiger partial charge in [0.2, 0.25) is 5.91 Å². The van der Waals surface area contributed by atoms with Gasteiger partial charge in [-0.05, 0) is 24.5 Å². The highest BCUT2D eigenvalue weighted by Gasteiger charge is 2.14. The first-order valence-corrected chi connectivity index (χ1v) is 7.65. The van der Waals surface area contributed by atoms with Crippen molar-refractivity contribution in [3.63, 3.8) is 0 Å². The summed E-state index contributed by atoms with van der Waals surface area (Å²) in [6.45, 7) is 0.443. The second-order valence-electron chi connectivity index (χ2n) is 5.49. The molecule has 20 heavy (non-hydrogen) atoms. The van der Waals surface area contributed by atoms with E-state index < -0.39 is 0 Å². The van der Waals surface area contributed by atoms with Crippen LogP contribution in [0, 0.1) is 17.8 Å². The molecule has 0 aliphatic heterocycles. The van der Waals surface area contributed by atoms with Crippen molar-refractivity contribution in [3.05, 3.63) is 35.9 Å². The molecule has 106 valence electrons. The third-order valence-electron chi connectivity index (χ3n) is 3.88. The molecule has 1 saturated carbocycles. The van der Waals surface area contributed by atoms with Crippen molar-refractivity contribution >= 4 is 5.91 Å². The fourth-order valence-corrected chi connectivity index (χ4v) is 2.71. The summed E-state index contributed by atoms with van der Waals surface area (Å²) in [6.07, 6.45) is 8.36. The molecule has 1 aliphatic rings. The lowest BCUT2D eigenvalue weighted by Crippen LogP contribution is -2.24. The van der Waals surface area contributed by atoms with Gasteiger partial charge in [-0.15, -0.1) is 0 Å². The SMILES string of the molecule is O=C(CCC1CCCCC1)NCC#Cc1ccccc1. The summed E-state index contributed by atoms with van der Waals surface area (Å²) in [4.78, 5) is 11.7. The zero-order chi connectivity index (χ0) is 14.0. The second kappa shape index (κ2) is 8.43. The monoisotopic (exact) mass is 269 g/mol. The number of hydrogen-bond acceptors (Lipinski definition) is 1. The molecule has 0 saturated heterocycles. The minimum absolute atomic E-state index is 0.137. The number of nitrogens with one attached hydrogen (secondary N) is 1. The van der Waals surface area contributed by atoms with Crippen molar-refractivity contribution in [3.8, 4) is 11.8 Å². The third-order valence-corrected chi connectivity index (χ3v) is 3.88. The molecule has 1 amide bonds. The number of hydrogen-bond donors (Lipinski definition) is 1. The van der Waals surface area contributed by atoms with Crippen molar-refractivity contribution in [2.24, 2.45) is 5.92 Å². The van der Waals surface area contributed by atoms with Gasteiger partial charge in [-0.2, -0.15) is 0 Å². The predicted octanol–water partition coefficient (Wildman–Crippen LogP) is 3.51. The first kappa shape index (κ1) is 14.7. The van der Waals surface area contributed by atoms with Gasteiger partial charge in [0.05, 0.1) is 6.54 Å². The van der Waals surface area contributed by atoms with Gasteiger partial charge in [-0.1, -0.05) is 62.1 Å². The average molecular weight is 269 g/mol. The maximum Gasteiger partial charge on any atom is 0.220 e. The molecule has 0 radical (unpaired) electrons. The summed E-state index contributed by atoms with van der Waals surface area (Å²) in [5.74, 6) is 6.93. The molecule has 2 heteroatoms. The van der Waals surface area contributed by atoms with Crippen molar-refractivity contribution < 1.29 is 4.79 Å². The number of rotatable bonds is 4. The highest BCUT2D eigenvalue weighted by Crippen LogP contribution is 2.27. The van der Waals surface area contributed by atoms with E-state index in [0.717, 1.165) is 17.9 Å². The Bertz CT molecular complexity index is 463. The lowest BCUT2D eigenvalue weighted by Gasteiger charge is -2.20. The number of benzene rings is 1. The Morgan fingerprint density at radius 3 is 2.65 bits per heavy atom. The normalized spacial score (nSPS) is 15.2. The van der Waals surface area contributed by atoms with Gasteiger partial charge in [0.15, 0.2) is 0 Å². The number of carbonyl (C=O) groups is 1. The molecule has 0 unspecified atom stereocenters. The van der Waals surface area contributed by atoms with Crippen LogP contribution in [0.2, 0.25) is 0 Å². The molecule has 2 rings (SSSR count). The second-order valence-corrected chi connectivity index (χ2v) is 5.49. The Labute approximate surface area is 122 Å². The van der Waals surface area contributed by atoms with Gasteiger partial charge < -0.3 is 5.32 Å². The van der Waals surface area contributed by atoms with Crippen LogP contribution in [0.1, 0.15) is 50.5 Å². The van der Waals surface area contributed by atoms with Crippen LogP contribution in [0.5, 0.6) is 0 Å². The molecule has 0 bridgehead atoms. The standard InChI is InChI=1S/C18H23NO/c20-18(14-13-17-10-5-2-6-11-17)19-15-7-12-16-8-3-1-4-9-16/h1,3-4,8-9,17H,2,5-6,10-11,13-15H2,(H,19,20). The minimum Gasteiger partial charge on any atom is -0.345 e. The fraction of sp³-hybridized carbons (Fsp3) is 0.500. The Morgan fingerprint density at radius 1 is 1.15 bits per heavy atom. The van der Waals surface area contributed by atoms with Crippen LogP contribution in [0.15, 0.2) is 30.3 Å². The van der Waals surface area contributed by atoms with E-state index >= 15 is 0 Å². The van der Waals surface area contributed by atoms with Gasteiger partial charge in [-0.3, -0.25) is 4.79 Å². The maximum absolute atomic E-state index is 11.7. The van der Waals surface area contributed by atoms with E-state index in [1.54, 1.807) is 0 Å². The van der Waals surface area contributed by atoms with Crippen LogP contribution in [0.3, 0.4) is 0 Å². The topological polar surface area (TPSA) is 29.1 Å². The minimum atomic E-state index is 0.137. The molecular weight excluding hydrogens is 246 g/mol. The van der Waals surface area contributed by atoms with Gasteiger partial charge in [-0.25, -0.2) is 0 Å². The first-order chi connectivity index (χ1) is 9.84. The Hall–Kier alpha value is -1.75. The lowest BCUT2D eigenvalue weighted by molar-refractivity contribution is -0.121. The van der Waals surface area contributed by atoms with Crippen LogP contribution in [0.4, 0.5) is 0 Å². The summed E-state index contributed by atoms with van der Waals surface area (Å²) in [5.41, 5.74) is 0.990. The molecule has 1 fully saturated rings. The summed E-state index contributed by atoms with van der Waals surface area (Å²) in [7, 11) is 0. The number of carbonyl (C=O) groups excluding carboxylic acids is 1. The van der Waals surface area contributed by atoms with Gasteiger partial charge in [0.1, 0.15) is 0 Å². The largest absolute Gasteiger partial charge is 0.345 e. The maximum atomic E-state index is 11.7. The zero-order valence-electron chi connectivity index (χ0n) is 12.0. The molecule has 0 aromatic heterocycles. The molecule has 1 aliphatic carbocycles.